The predicted octanol–water partition coefficient (Wildman–Crippen LogP) is 4.34. The van der Waals surface area contributed by atoms with E-state index < -0.39 is 0 Å². The largest absolute Gasteiger partial charge is 0.488 e. The average Bonchev–Trinajstić information content (AvgIpc) is 3.23. The number of ether oxygens (including phenoxy) is 2. The number of benzene rings is 2. The summed E-state index contributed by atoms with van der Waals surface area (Å²) in [5, 5.41) is 20.5. The van der Waals surface area contributed by atoms with Gasteiger partial charge in [-0.05, 0) is 72.4 Å². The van der Waals surface area contributed by atoms with Crippen LogP contribution in [0.15, 0.2) is 42.5 Å². The Labute approximate surface area is 177 Å². The summed E-state index contributed by atoms with van der Waals surface area (Å²) < 4.78 is 11.3. The van der Waals surface area contributed by atoms with Crippen molar-refractivity contribution >= 4 is 11.6 Å². The number of rotatable bonds is 6. The molecule has 4 unspecified atom stereocenters. The average molecular weight is 417 g/mol. The maximum absolute atomic E-state index is 10.2. The maximum atomic E-state index is 10.2. The molecule has 2 fully saturated rings. The first-order chi connectivity index (χ1) is 14.1. The normalized spacial score (nSPS) is 27.1. The molecular formula is C24H29ClO4. The Balaban J connectivity index is 1.45. The van der Waals surface area contributed by atoms with Crippen LogP contribution in [0.4, 0.5) is 0 Å². The summed E-state index contributed by atoms with van der Waals surface area (Å²) in [4.78, 5) is 0. The van der Waals surface area contributed by atoms with Gasteiger partial charge in [0.05, 0.1) is 19.3 Å². The monoisotopic (exact) mass is 416 g/mol. The molecule has 4 nitrogen and oxygen atoms in total. The molecule has 4 rings (SSSR count). The molecule has 2 aromatic rings. The quantitative estimate of drug-likeness (QED) is 0.735. The second kappa shape index (κ2) is 9.48. The highest BCUT2D eigenvalue weighted by atomic mass is 35.5. The van der Waals surface area contributed by atoms with Gasteiger partial charge < -0.3 is 19.7 Å². The van der Waals surface area contributed by atoms with E-state index in [0.717, 1.165) is 48.6 Å². The zero-order valence-electron chi connectivity index (χ0n) is 16.6. The summed E-state index contributed by atoms with van der Waals surface area (Å²) in [5.74, 6) is 1.30. The lowest BCUT2D eigenvalue weighted by Crippen LogP contribution is -2.27. The van der Waals surface area contributed by atoms with Crippen LogP contribution in [0.2, 0.25) is 5.02 Å². The van der Waals surface area contributed by atoms with Crippen molar-refractivity contribution in [2.45, 2.75) is 50.2 Å². The van der Waals surface area contributed by atoms with Crippen molar-refractivity contribution in [1.29, 1.82) is 0 Å². The van der Waals surface area contributed by atoms with Gasteiger partial charge >= 0.3 is 0 Å². The third kappa shape index (κ3) is 5.32. The topological polar surface area (TPSA) is 58.9 Å². The van der Waals surface area contributed by atoms with Crippen molar-refractivity contribution in [2.24, 2.45) is 5.92 Å². The van der Waals surface area contributed by atoms with Gasteiger partial charge in [0.1, 0.15) is 11.9 Å². The Morgan fingerprint density at radius 2 is 1.90 bits per heavy atom. The number of hydrogen-bond acceptors (Lipinski definition) is 4. The Bertz CT molecular complexity index is 801. The van der Waals surface area contributed by atoms with Crippen LogP contribution in [0.3, 0.4) is 0 Å². The van der Waals surface area contributed by atoms with Crippen molar-refractivity contribution < 1.29 is 19.7 Å². The Morgan fingerprint density at radius 3 is 2.62 bits per heavy atom. The van der Waals surface area contributed by atoms with Gasteiger partial charge in [0.15, 0.2) is 0 Å². The first-order valence-electron chi connectivity index (χ1n) is 10.5. The fraction of sp³-hybridized carbons (Fsp3) is 0.500. The second-order valence-electron chi connectivity index (χ2n) is 8.38. The molecule has 156 valence electrons. The molecule has 2 aliphatic rings. The van der Waals surface area contributed by atoms with E-state index in [-0.39, 0.29) is 30.7 Å². The Kier molecular flexibility index (Phi) is 6.76. The van der Waals surface area contributed by atoms with Crippen molar-refractivity contribution in [1.82, 2.24) is 0 Å². The summed E-state index contributed by atoms with van der Waals surface area (Å²) in [7, 11) is 0. The molecule has 1 aliphatic heterocycles. The highest BCUT2D eigenvalue weighted by Gasteiger charge is 2.28. The van der Waals surface area contributed by atoms with Crippen LogP contribution in [0.1, 0.15) is 48.3 Å². The van der Waals surface area contributed by atoms with Crippen molar-refractivity contribution in [2.75, 3.05) is 19.8 Å². The summed E-state index contributed by atoms with van der Waals surface area (Å²) in [5.41, 5.74) is 3.46. The van der Waals surface area contributed by atoms with Gasteiger partial charge in [-0.2, -0.15) is 0 Å². The van der Waals surface area contributed by atoms with Crippen LogP contribution in [0, 0.1) is 5.92 Å². The van der Waals surface area contributed by atoms with Crippen molar-refractivity contribution in [3.05, 3.63) is 64.2 Å². The van der Waals surface area contributed by atoms with Crippen LogP contribution >= 0.6 is 11.6 Å². The molecule has 5 heteroatoms. The van der Waals surface area contributed by atoms with Gasteiger partial charge in [-0.3, -0.25) is 0 Å². The minimum absolute atomic E-state index is 0.134. The SMILES string of the molecule is OCC1CC(O)CC(c2ccc(Cl)c(Cc3ccc(OC4CCOC4)cc3)c2)C1. The molecule has 1 saturated heterocycles. The van der Waals surface area contributed by atoms with Gasteiger partial charge in [0, 0.05) is 18.1 Å². The molecule has 0 bridgehead atoms. The van der Waals surface area contributed by atoms with Crippen LogP contribution < -0.4 is 4.74 Å². The van der Waals surface area contributed by atoms with E-state index in [0.29, 0.717) is 13.0 Å². The van der Waals surface area contributed by atoms with Gasteiger partial charge in [-0.25, -0.2) is 0 Å². The van der Waals surface area contributed by atoms with Gasteiger partial charge in [0.2, 0.25) is 0 Å². The number of aliphatic hydroxyl groups excluding tert-OH is 2. The van der Waals surface area contributed by atoms with E-state index in [2.05, 4.69) is 24.3 Å². The molecule has 0 spiro atoms. The van der Waals surface area contributed by atoms with E-state index in [9.17, 15) is 10.2 Å². The van der Waals surface area contributed by atoms with E-state index in [1.807, 2.05) is 18.2 Å². The Hall–Kier alpha value is -1.59. The number of hydrogen-bond donors (Lipinski definition) is 2. The van der Waals surface area contributed by atoms with Gasteiger partial charge in [0.25, 0.3) is 0 Å². The van der Waals surface area contributed by atoms with Crippen LogP contribution in [-0.2, 0) is 11.2 Å². The smallest absolute Gasteiger partial charge is 0.124 e. The molecular weight excluding hydrogens is 388 g/mol. The first kappa shape index (κ1) is 20.7. The summed E-state index contributed by atoms with van der Waals surface area (Å²) in [6, 6.07) is 14.4. The summed E-state index contributed by atoms with van der Waals surface area (Å²) in [6.07, 6.45) is 3.84. The Morgan fingerprint density at radius 1 is 1.07 bits per heavy atom. The van der Waals surface area contributed by atoms with E-state index >= 15 is 0 Å². The number of aliphatic hydroxyl groups is 2. The lowest BCUT2D eigenvalue weighted by molar-refractivity contribution is 0.0650. The van der Waals surface area contributed by atoms with E-state index in [1.54, 1.807) is 0 Å². The summed E-state index contributed by atoms with van der Waals surface area (Å²) >= 11 is 6.49. The van der Waals surface area contributed by atoms with E-state index in [4.69, 9.17) is 21.1 Å². The molecule has 0 amide bonds. The summed E-state index contributed by atoms with van der Waals surface area (Å²) in [6.45, 7) is 1.57. The molecule has 2 aromatic carbocycles. The van der Waals surface area contributed by atoms with Crippen LogP contribution in [0.25, 0.3) is 0 Å². The molecule has 0 radical (unpaired) electrons. The highest BCUT2D eigenvalue weighted by Crippen LogP contribution is 2.37. The maximum Gasteiger partial charge on any atom is 0.124 e. The lowest BCUT2D eigenvalue weighted by atomic mass is 9.76. The fourth-order valence-electron chi connectivity index (χ4n) is 4.51. The molecule has 1 aliphatic carbocycles. The minimum atomic E-state index is -0.345. The van der Waals surface area contributed by atoms with Gasteiger partial charge in [-0.1, -0.05) is 35.9 Å². The molecule has 2 N–H and O–H groups in total. The lowest BCUT2D eigenvalue weighted by Gasteiger charge is -2.32. The zero-order chi connectivity index (χ0) is 20.2. The highest BCUT2D eigenvalue weighted by molar-refractivity contribution is 6.31. The van der Waals surface area contributed by atoms with E-state index in [1.165, 1.54) is 11.1 Å². The standard InChI is InChI=1S/C24H29ClO4/c25-24-6-3-18(19-10-17(14-26)11-21(27)13-19)12-20(24)9-16-1-4-22(5-2-16)29-23-7-8-28-15-23/h1-6,12,17,19,21,23,26-27H,7-11,13-15H2. The second-order valence-corrected chi connectivity index (χ2v) is 8.79. The molecule has 0 aromatic heterocycles. The molecule has 29 heavy (non-hydrogen) atoms. The molecule has 4 atom stereocenters. The minimum Gasteiger partial charge on any atom is -0.488 e. The third-order valence-corrected chi connectivity index (χ3v) is 6.46. The van der Waals surface area contributed by atoms with Crippen LogP contribution in [0.5, 0.6) is 5.75 Å². The number of halogens is 1. The third-order valence-electron chi connectivity index (χ3n) is 6.09. The van der Waals surface area contributed by atoms with Crippen molar-refractivity contribution in [3.63, 3.8) is 0 Å². The molecule has 1 saturated carbocycles. The van der Waals surface area contributed by atoms with Crippen molar-refractivity contribution in [3.8, 4) is 5.75 Å². The fourth-order valence-corrected chi connectivity index (χ4v) is 4.70. The predicted molar refractivity (Wildman–Crippen MR) is 114 cm³/mol. The zero-order valence-corrected chi connectivity index (χ0v) is 17.4. The molecule has 1 heterocycles. The first-order valence-corrected chi connectivity index (χ1v) is 10.9. The van der Waals surface area contributed by atoms with Crippen LogP contribution in [-0.4, -0.2) is 42.2 Å². The van der Waals surface area contributed by atoms with Gasteiger partial charge in [-0.15, -0.1) is 0 Å².